The van der Waals surface area contributed by atoms with E-state index in [1.165, 1.54) is 37.7 Å². The molecule has 0 bridgehead atoms. The first kappa shape index (κ1) is 24.7. The summed E-state index contributed by atoms with van der Waals surface area (Å²) in [6.45, 7) is 7.92. The van der Waals surface area contributed by atoms with Gasteiger partial charge in [-0.05, 0) is 80.7 Å². The summed E-state index contributed by atoms with van der Waals surface area (Å²) >= 11 is 0. The Bertz CT molecular complexity index is 1370. The largest absolute Gasteiger partial charge is 0.488 e. The zero-order chi connectivity index (χ0) is 25.8. The molecule has 7 nitrogen and oxygen atoms in total. The Balaban J connectivity index is 1.30. The van der Waals surface area contributed by atoms with Crippen molar-refractivity contribution in [3.05, 3.63) is 95.3 Å². The predicted octanol–water partition coefficient (Wildman–Crippen LogP) is 5.72. The van der Waals surface area contributed by atoms with Crippen molar-refractivity contribution in [2.24, 2.45) is 0 Å². The lowest BCUT2D eigenvalue weighted by atomic mass is 9.89. The highest BCUT2D eigenvalue weighted by molar-refractivity contribution is 5.88. The fraction of sp³-hybridized carbons (Fsp3) is 0.300. The number of nitrogens with zero attached hydrogens (tertiary/aromatic N) is 4. The highest BCUT2D eigenvalue weighted by Gasteiger charge is 2.19. The van der Waals surface area contributed by atoms with E-state index in [9.17, 15) is 9.90 Å². The van der Waals surface area contributed by atoms with Crippen LogP contribution in [0.15, 0.2) is 72.9 Å². The van der Waals surface area contributed by atoms with E-state index in [0.717, 1.165) is 29.1 Å². The van der Waals surface area contributed by atoms with Gasteiger partial charge in [-0.2, -0.15) is 5.10 Å². The summed E-state index contributed by atoms with van der Waals surface area (Å²) in [5, 5.41) is 13.6. The number of para-hydroxylation sites is 1. The van der Waals surface area contributed by atoms with E-state index >= 15 is 0 Å². The molecule has 1 aliphatic rings. The summed E-state index contributed by atoms with van der Waals surface area (Å²) in [7, 11) is 0. The van der Waals surface area contributed by atoms with E-state index in [0.29, 0.717) is 24.0 Å². The van der Waals surface area contributed by atoms with Crippen molar-refractivity contribution in [1.82, 2.24) is 19.7 Å². The Hall–Kier alpha value is -3.97. The molecule has 0 aliphatic carbocycles. The van der Waals surface area contributed by atoms with Gasteiger partial charge in [-0.3, -0.25) is 0 Å². The van der Waals surface area contributed by atoms with E-state index in [-0.39, 0.29) is 5.56 Å². The first-order valence-electron chi connectivity index (χ1n) is 12.8. The number of carbonyl (C=O) groups is 1. The van der Waals surface area contributed by atoms with Crippen LogP contribution in [0.25, 0.3) is 17.1 Å². The molecule has 1 saturated heterocycles. The molecule has 1 N–H and O–H groups in total. The normalized spacial score (nSPS) is 14.5. The van der Waals surface area contributed by atoms with Gasteiger partial charge >= 0.3 is 5.97 Å². The van der Waals surface area contributed by atoms with E-state index in [4.69, 9.17) is 9.72 Å². The minimum Gasteiger partial charge on any atom is -0.488 e. The average molecular weight is 497 g/mol. The van der Waals surface area contributed by atoms with Crippen molar-refractivity contribution in [2.45, 2.75) is 39.2 Å². The van der Waals surface area contributed by atoms with Crippen LogP contribution in [0, 0.1) is 6.92 Å². The molecule has 0 saturated carbocycles. The number of ether oxygens (including phenoxy) is 1. The van der Waals surface area contributed by atoms with Crippen LogP contribution in [0.3, 0.4) is 0 Å². The Morgan fingerprint density at radius 1 is 1.03 bits per heavy atom. The minimum atomic E-state index is -1.01. The van der Waals surface area contributed by atoms with Crippen LogP contribution in [0.1, 0.15) is 52.9 Å². The fourth-order valence-electron chi connectivity index (χ4n) is 4.98. The predicted molar refractivity (Wildman–Crippen MR) is 143 cm³/mol. The average Bonchev–Trinajstić information content (AvgIpc) is 3.34. The summed E-state index contributed by atoms with van der Waals surface area (Å²) < 4.78 is 7.80. The monoisotopic (exact) mass is 496 g/mol. The molecule has 0 unspecified atom stereocenters. The summed E-state index contributed by atoms with van der Waals surface area (Å²) in [5.41, 5.74) is 4.83. The van der Waals surface area contributed by atoms with Crippen LogP contribution in [-0.4, -0.2) is 50.4 Å². The number of carboxylic acids is 1. The number of aromatic carboxylic acids is 1. The Morgan fingerprint density at radius 2 is 1.78 bits per heavy atom. The Labute approximate surface area is 217 Å². The topological polar surface area (TPSA) is 80.5 Å². The summed E-state index contributed by atoms with van der Waals surface area (Å²) in [5.74, 6) is 0.930. The Morgan fingerprint density at radius 3 is 2.49 bits per heavy atom. The second-order valence-corrected chi connectivity index (χ2v) is 9.48. The SMILES string of the molecule is CCN1CCC(c2ccc(COc3ccccc3-c3cccc(-n4ncc(C(=O)O)c4C)n3)cc2)CC1. The third kappa shape index (κ3) is 5.42. The van der Waals surface area contributed by atoms with E-state index in [1.807, 2.05) is 42.5 Å². The van der Waals surface area contributed by atoms with Gasteiger partial charge < -0.3 is 14.7 Å². The maximum atomic E-state index is 11.4. The number of piperidine rings is 1. The standard InChI is InChI=1S/C30H32N4O3/c1-3-33-17-15-24(16-18-33)23-13-11-22(12-14-23)20-37-28-9-5-4-7-25(28)27-8-6-10-29(32-27)34-21(2)26(19-31-34)30(35)36/h4-14,19,24H,3,15-18,20H2,1-2H3,(H,35,36). The molecule has 0 atom stereocenters. The number of rotatable bonds is 8. The maximum Gasteiger partial charge on any atom is 0.339 e. The summed E-state index contributed by atoms with van der Waals surface area (Å²) in [6, 6.07) is 22.3. The van der Waals surface area contributed by atoms with Crippen molar-refractivity contribution in [2.75, 3.05) is 19.6 Å². The van der Waals surface area contributed by atoms with Gasteiger partial charge in [0.1, 0.15) is 17.9 Å². The van der Waals surface area contributed by atoms with Crippen molar-refractivity contribution < 1.29 is 14.6 Å². The number of aromatic nitrogens is 3. The molecule has 2 aromatic heterocycles. The lowest BCUT2D eigenvalue weighted by molar-refractivity contribution is 0.0696. The molecule has 37 heavy (non-hydrogen) atoms. The smallest absolute Gasteiger partial charge is 0.339 e. The lowest BCUT2D eigenvalue weighted by Crippen LogP contribution is -2.32. The van der Waals surface area contributed by atoms with Crippen LogP contribution in [-0.2, 0) is 6.61 Å². The molecule has 3 heterocycles. The first-order chi connectivity index (χ1) is 18.0. The lowest BCUT2D eigenvalue weighted by Gasteiger charge is -2.31. The second kappa shape index (κ2) is 11.0. The van der Waals surface area contributed by atoms with Gasteiger partial charge in [-0.15, -0.1) is 0 Å². The van der Waals surface area contributed by atoms with E-state index < -0.39 is 5.97 Å². The van der Waals surface area contributed by atoms with Crippen molar-refractivity contribution in [3.8, 4) is 22.8 Å². The molecular weight excluding hydrogens is 464 g/mol. The van der Waals surface area contributed by atoms with Crippen LogP contribution < -0.4 is 4.74 Å². The van der Waals surface area contributed by atoms with Gasteiger partial charge in [0.15, 0.2) is 5.82 Å². The van der Waals surface area contributed by atoms with Gasteiger partial charge in [0.25, 0.3) is 0 Å². The van der Waals surface area contributed by atoms with Gasteiger partial charge in [-0.25, -0.2) is 14.5 Å². The number of carboxylic acid groups (broad SMARTS) is 1. The van der Waals surface area contributed by atoms with Crippen LogP contribution >= 0.6 is 0 Å². The van der Waals surface area contributed by atoms with Gasteiger partial charge in [-0.1, -0.05) is 49.4 Å². The van der Waals surface area contributed by atoms with Crippen molar-refractivity contribution >= 4 is 5.97 Å². The number of likely N-dealkylation sites (tertiary alicyclic amines) is 1. The number of hydrogen-bond acceptors (Lipinski definition) is 5. The highest BCUT2D eigenvalue weighted by Crippen LogP contribution is 2.31. The zero-order valence-electron chi connectivity index (χ0n) is 21.3. The zero-order valence-corrected chi connectivity index (χ0v) is 21.3. The molecule has 4 aromatic rings. The molecule has 5 rings (SSSR count). The second-order valence-electron chi connectivity index (χ2n) is 9.48. The van der Waals surface area contributed by atoms with Gasteiger partial charge in [0.05, 0.1) is 17.6 Å². The molecular formula is C30H32N4O3. The van der Waals surface area contributed by atoms with Gasteiger partial charge in [0.2, 0.25) is 0 Å². The Kier molecular flexibility index (Phi) is 7.32. The number of benzene rings is 2. The number of hydrogen-bond donors (Lipinski definition) is 1. The fourth-order valence-corrected chi connectivity index (χ4v) is 4.98. The van der Waals surface area contributed by atoms with E-state index in [2.05, 4.69) is 41.2 Å². The molecule has 0 amide bonds. The molecule has 0 spiro atoms. The molecule has 1 aliphatic heterocycles. The molecule has 0 radical (unpaired) electrons. The van der Waals surface area contributed by atoms with Crippen molar-refractivity contribution in [3.63, 3.8) is 0 Å². The summed E-state index contributed by atoms with van der Waals surface area (Å²) in [4.78, 5) is 18.7. The van der Waals surface area contributed by atoms with Crippen LogP contribution in [0.4, 0.5) is 0 Å². The van der Waals surface area contributed by atoms with Gasteiger partial charge in [0, 0.05) is 5.56 Å². The van der Waals surface area contributed by atoms with Crippen molar-refractivity contribution in [1.29, 1.82) is 0 Å². The number of pyridine rings is 1. The highest BCUT2D eigenvalue weighted by atomic mass is 16.5. The molecule has 7 heteroatoms. The molecule has 1 fully saturated rings. The van der Waals surface area contributed by atoms with Crippen LogP contribution in [0.5, 0.6) is 5.75 Å². The molecule has 2 aromatic carbocycles. The van der Waals surface area contributed by atoms with Crippen LogP contribution in [0.2, 0.25) is 0 Å². The maximum absolute atomic E-state index is 11.4. The first-order valence-corrected chi connectivity index (χ1v) is 12.8. The quantitative estimate of drug-likeness (QED) is 0.336. The molecule has 190 valence electrons. The van der Waals surface area contributed by atoms with E-state index in [1.54, 1.807) is 11.6 Å². The summed E-state index contributed by atoms with van der Waals surface area (Å²) in [6.07, 6.45) is 3.79. The third-order valence-electron chi connectivity index (χ3n) is 7.23. The minimum absolute atomic E-state index is 0.161. The third-order valence-corrected chi connectivity index (χ3v) is 7.23.